The van der Waals surface area contributed by atoms with E-state index in [0.717, 1.165) is 31.1 Å². The summed E-state index contributed by atoms with van der Waals surface area (Å²) < 4.78 is 0. The SMILES string of the molecule is O=C(CC1CCCN1)N(Cc1nccs1)C1CC12CCNCC2. The molecular formula is C17H26N4OS. The highest BCUT2D eigenvalue weighted by Crippen LogP contribution is 2.56. The Hall–Kier alpha value is -0.980. The van der Waals surface area contributed by atoms with E-state index < -0.39 is 0 Å². The summed E-state index contributed by atoms with van der Waals surface area (Å²) in [5.74, 6) is 0.319. The van der Waals surface area contributed by atoms with E-state index in [9.17, 15) is 4.79 Å². The summed E-state index contributed by atoms with van der Waals surface area (Å²) in [7, 11) is 0. The second-order valence-corrected chi connectivity index (χ2v) is 8.26. The largest absolute Gasteiger partial charge is 0.332 e. The van der Waals surface area contributed by atoms with Crippen molar-refractivity contribution in [3.8, 4) is 0 Å². The van der Waals surface area contributed by atoms with E-state index in [4.69, 9.17) is 0 Å². The zero-order valence-electron chi connectivity index (χ0n) is 13.6. The molecule has 0 aromatic carbocycles. The normalized spacial score (nSPS) is 28.9. The molecule has 1 saturated carbocycles. The van der Waals surface area contributed by atoms with Crippen molar-refractivity contribution in [3.05, 3.63) is 16.6 Å². The van der Waals surface area contributed by atoms with Crippen LogP contribution in [0, 0.1) is 5.41 Å². The summed E-state index contributed by atoms with van der Waals surface area (Å²) >= 11 is 1.66. The maximum absolute atomic E-state index is 13.0. The number of nitrogens with zero attached hydrogens (tertiary/aromatic N) is 2. The molecule has 2 saturated heterocycles. The van der Waals surface area contributed by atoms with Crippen LogP contribution >= 0.6 is 11.3 Å². The molecule has 1 spiro atoms. The number of rotatable bonds is 5. The van der Waals surface area contributed by atoms with Crippen LogP contribution in [0.2, 0.25) is 0 Å². The first-order valence-corrected chi connectivity index (χ1v) is 9.77. The van der Waals surface area contributed by atoms with Gasteiger partial charge in [-0.3, -0.25) is 4.79 Å². The van der Waals surface area contributed by atoms with E-state index in [0.29, 0.717) is 36.4 Å². The minimum atomic E-state index is 0.319. The molecule has 3 fully saturated rings. The summed E-state index contributed by atoms with van der Waals surface area (Å²) in [4.78, 5) is 19.5. The molecule has 2 atom stereocenters. The second kappa shape index (κ2) is 6.49. The molecule has 4 rings (SSSR count). The average Bonchev–Trinajstić information content (AvgIpc) is 2.99. The Labute approximate surface area is 141 Å². The quantitative estimate of drug-likeness (QED) is 0.861. The van der Waals surface area contributed by atoms with Crippen molar-refractivity contribution in [2.75, 3.05) is 19.6 Å². The predicted molar refractivity (Wildman–Crippen MR) is 91.2 cm³/mol. The fourth-order valence-corrected chi connectivity index (χ4v) is 4.95. The number of amides is 1. The molecule has 1 aromatic heterocycles. The molecule has 1 aliphatic carbocycles. The lowest BCUT2D eigenvalue weighted by molar-refractivity contribution is -0.133. The summed E-state index contributed by atoms with van der Waals surface area (Å²) in [6.07, 6.45) is 8.43. The first-order chi connectivity index (χ1) is 11.3. The van der Waals surface area contributed by atoms with Crippen molar-refractivity contribution in [3.63, 3.8) is 0 Å². The third-order valence-electron chi connectivity index (χ3n) is 5.81. The lowest BCUT2D eigenvalue weighted by Gasteiger charge is -2.30. The number of aromatic nitrogens is 1. The van der Waals surface area contributed by atoms with Crippen LogP contribution in [0.25, 0.3) is 0 Å². The Kier molecular flexibility index (Phi) is 4.39. The fraction of sp³-hybridized carbons (Fsp3) is 0.765. The number of hydrogen-bond donors (Lipinski definition) is 2. The lowest BCUT2D eigenvalue weighted by atomic mass is 9.93. The number of nitrogens with one attached hydrogen (secondary N) is 2. The number of hydrogen-bond acceptors (Lipinski definition) is 5. The minimum Gasteiger partial charge on any atom is -0.332 e. The fourth-order valence-electron chi connectivity index (χ4n) is 4.34. The van der Waals surface area contributed by atoms with Gasteiger partial charge < -0.3 is 15.5 Å². The van der Waals surface area contributed by atoms with Crippen LogP contribution in [0.5, 0.6) is 0 Å². The molecule has 3 aliphatic rings. The Morgan fingerprint density at radius 1 is 1.39 bits per heavy atom. The van der Waals surface area contributed by atoms with E-state index in [2.05, 4.69) is 20.5 Å². The van der Waals surface area contributed by atoms with Crippen LogP contribution in [-0.2, 0) is 11.3 Å². The highest BCUT2D eigenvalue weighted by atomic mass is 32.1. The zero-order chi connectivity index (χ0) is 15.7. The van der Waals surface area contributed by atoms with Gasteiger partial charge in [-0.15, -0.1) is 11.3 Å². The highest BCUT2D eigenvalue weighted by Gasteiger charge is 2.57. The molecule has 2 unspecified atom stereocenters. The number of carbonyl (C=O) groups is 1. The third kappa shape index (κ3) is 3.30. The van der Waals surface area contributed by atoms with E-state index in [1.54, 1.807) is 11.3 Å². The van der Waals surface area contributed by atoms with Crippen LogP contribution < -0.4 is 10.6 Å². The third-order valence-corrected chi connectivity index (χ3v) is 6.58. The molecule has 1 amide bonds. The molecule has 6 heteroatoms. The van der Waals surface area contributed by atoms with Gasteiger partial charge in [-0.2, -0.15) is 0 Å². The summed E-state index contributed by atoms with van der Waals surface area (Å²) in [5.41, 5.74) is 0.390. The van der Waals surface area contributed by atoms with Gasteiger partial charge in [0.2, 0.25) is 5.91 Å². The van der Waals surface area contributed by atoms with Gasteiger partial charge in [0.25, 0.3) is 0 Å². The zero-order valence-corrected chi connectivity index (χ0v) is 14.4. The molecule has 126 valence electrons. The maximum atomic E-state index is 13.0. The van der Waals surface area contributed by atoms with E-state index in [-0.39, 0.29) is 0 Å². The Morgan fingerprint density at radius 3 is 2.96 bits per heavy atom. The van der Waals surface area contributed by atoms with Gasteiger partial charge in [-0.1, -0.05) is 0 Å². The summed E-state index contributed by atoms with van der Waals surface area (Å²) in [6, 6.07) is 0.812. The van der Waals surface area contributed by atoms with Gasteiger partial charge in [0.15, 0.2) is 0 Å². The first kappa shape index (κ1) is 15.5. The smallest absolute Gasteiger partial charge is 0.224 e. The number of thiazole rings is 1. The van der Waals surface area contributed by atoms with E-state index in [1.165, 1.54) is 25.7 Å². The first-order valence-electron chi connectivity index (χ1n) is 8.89. The van der Waals surface area contributed by atoms with Gasteiger partial charge in [0, 0.05) is 30.1 Å². The monoisotopic (exact) mass is 334 g/mol. The van der Waals surface area contributed by atoms with Crippen LogP contribution in [0.15, 0.2) is 11.6 Å². The molecule has 23 heavy (non-hydrogen) atoms. The molecular weight excluding hydrogens is 308 g/mol. The predicted octanol–water partition coefficient (Wildman–Crippen LogP) is 1.76. The van der Waals surface area contributed by atoms with Crippen LogP contribution in [0.3, 0.4) is 0 Å². The topological polar surface area (TPSA) is 57.3 Å². The molecule has 5 nitrogen and oxygen atoms in total. The van der Waals surface area contributed by atoms with Crippen molar-refractivity contribution in [2.24, 2.45) is 5.41 Å². The average molecular weight is 334 g/mol. The van der Waals surface area contributed by atoms with Gasteiger partial charge in [0.1, 0.15) is 5.01 Å². The molecule has 2 N–H and O–H groups in total. The maximum Gasteiger partial charge on any atom is 0.224 e. The van der Waals surface area contributed by atoms with Gasteiger partial charge in [-0.25, -0.2) is 4.98 Å². The van der Waals surface area contributed by atoms with Crippen molar-refractivity contribution in [1.29, 1.82) is 0 Å². The van der Waals surface area contributed by atoms with E-state index >= 15 is 0 Å². The Bertz CT molecular complexity index is 535. The molecule has 2 aliphatic heterocycles. The Balaban J connectivity index is 1.46. The van der Waals surface area contributed by atoms with Crippen LogP contribution in [-0.4, -0.2) is 47.5 Å². The van der Waals surface area contributed by atoms with Gasteiger partial charge in [0.05, 0.1) is 6.54 Å². The van der Waals surface area contributed by atoms with Crippen molar-refractivity contribution >= 4 is 17.2 Å². The number of piperidine rings is 1. The molecule has 1 aromatic rings. The Morgan fingerprint density at radius 2 is 2.26 bits per heavy atom. The van der Waals surface area contributed by atoms with Crippen LogP contribution in [0.4, 0.5) is 0 Å². The summed E-state index contributed by atoms with van der Waals surface area (Å²) in [5, 5.41) is 9.98. The minimum absolute atomic E-state index is 0.319. The summed E-state index contributed by atoms with van der Waals surface area (Å²) in [6.45, 7) is 3.95. The highest BCUT2D eigenvalue weighted by molar-refractivity contribution is 7.09. The standard InChI is InChI=1S/C17H26N4OS/c22-16(10-13-2-1-5-19-13)21(12-15-20-8-9-23-15)14-11-17(14)3-6-18-7-4-17/h8-9,13-14,18-19H,1-7,10-12H2. The molecule has 0 bridgehead atoms. The van der Waals surface area contributed by atoms with Crippen molar-refractivity contribution < 1.29 is 4.79 Å². The van der Waals surface area contributed by atoms with Crippen molar-refractivity contribution in [1.82, 2.24) is 20.5 Å². The second-order valence-electron chi connectivity index (χ2n) is 7.28. The number of carbonyl (C=O) groups excluding carboxylic acids is 1. The molecule has 3 heterocycles. The van der Waals surface area contributed by atoms with Crippen molar-refractivity contribution in [2.45, 2.75) is 57.2 Å². The molecule has 0 radical (unpaired) electrons. The van der Waals surface area contributed by atoms with E-state index in [1.807, 2.05) is 11.6 Å². The van der Waals surface area contributed by atoms with Gasteiger partial charge >= 0.3 is 0 Å². The lowest BCUT2D eigenvalue weighted by Crippen LogP contribution is -2.41. The van der Waals surface area contributed by atoms with Gasteiger partial charge in [-0.05, 0) is 57.2 Å². The van der Waals surface area contributed by atoms with Crippen LogP contribution in [0.1, 0.15) is 43.5 Å².